The van der Waals surface area contributed by atoms with Gasteiger partial charge in [-0.3, -0.25) is 9.59 Å². The zero-order chi connectivity index (χ0) is 17.7. The second-order valence-corrected chi connectivity index (χ2v) is 6.08. The van der Waals surface area contributed by atoms with Gasteiger partial charge < -0.3 is 10.6 Å². The molecule has 6 heteroatoms. The first kappa shape index (κ1) is 18.0. The number of carbonyl (C=O) groups excluding carboxylic acids is 2. The van der Waals surface area contributed by atoms with Crippen LogP contribution in [0.2, 0.25) is 10.0 Å². The van der Waals surface area contributed by atoms with Crippen LogP contribution in [0.15, 0.2) is 48.2 Å². The molecule has 0 aliphatic rings. The quantitative estimate of drug-likeness (QED) is 0.791. The number of anilines is 1. The summed E-state index contributed by atoms with van der Waals surface area (Å²) in [7, 11) is 0. The summed E-state index contributed by atoms with van der Waals surface area (Å²) in [6.45, 7) is 3.26. The summed E-state index contributed by atoms with van der Waals surface area (Å²) in [6, 6.07) is 12.3. The predicted octanol–water partition coefficient (Wildman–Crippen LogP) is 4.42. The summed E-state index contributed by atoms with van der Waals surface area (Å²) in [4.78, 5) is 23.9. The van der Waals surface area contributed by atoms with Crippen molar-refractivity contribution in [3.05, 3.63) is 69.3 Å². The van der Waals surface area contributed by atoms with Crippen LogP contribution in [0.1, 0.15) is 18.1 Å². The van der Waals surface area contributed by atoms with E-state index in [1.807, 2.05) is 31.2 Å². The second-order valence-electron chi connectivity index (χ2n) is 5.21. The van der Waals surface area contributed by atoms with E-state index < -0.39 is 5.91 Å². The van der Waals surface area contributed by atoms with Crippen LogP contribution in [-0.2, 0) is 9.59 Å². The molecular formula is C18H16Cl2N2O2. The third kappa shape index (κ3) is 5.11. The van der Waals surface area contributed by atoms with E-state index in [0.29, 0.717) is 15.7 Å². The molecule has 0 fully saturated rings. The highest BCUT2D eigenvalue weighted by molar-refractivity contribution is 6.35. The normalized spacial score (nSPS) is 11.1. The van der Waals surface area contributed by atoms with Crippen molar-refractivity contribution in [3.8, 4) is 0 Å². The Morgan fingerprint density at radius 2 is 1.67 bits per heavy atom. The Morgan fingerprint density at radius 1 is 1.04 bits per heavy atom. The topological polar surface area (TPSA) is 58.2 Å². The summed E-state index contributed by atoms with van der Waals surface area (Å²) < 4.78 is 0. The van der Waals surface area contributed by atoms with Gasteiger partial charge in [0.1, 0.15) is 5.70 Å². The Balaban J connectivity index is 2.32. The van der Waals surface area contributed by atoms with Crippen molar-refractivity contribution in [2.45, 2.75) is 13.8 Å². The molecule has 24 heavy (non-hydrogen) atoms. The molecule has 4 nitrogen and oxygen atoms in total. The Bertz CT molecular complexity index is 796. The fourth-order valence-corrected chi connectivity index (χ4v) is 2.60. The zero-order valence-corrected chi connectivity index (χ0v) is 14.7. The van der Waals surface area contributed by atoms with Crippen molar-refractivity contribution in [1.29, 1.82) is 0 Å². The van der Waals surface area contributed by atoms with Crippen molar-refractivity contribution in [2.24, 2.45) is 0 Å². The minimum Gasteiger partial charge on any atom is -0.322 e. The lowest BCUT2D eigenvalue weighted by Crippen LogP contribution is -2.29. The van der Waals surface area contributed by atoms with E-state index >= 15 is 0 Å². The number of amides is 2. The lowest BCUT2D eigenvalue weighted by molar-refractivity contribution is -0.120. The summed E-state index contributed by atoms with van der Waals surface area (Å²) in [5.41, 5.74) is 2.39. The van der Waals surface area contributed by atoms with Crippen LogP contribution < -0.4 is 10.6 Å². The minimum atomic E-state index is -0.466. The molecule has 2 aromatic carbocycles. The summed E-state index contributed by atoms with van der Waals surface area (Å²) in [5.74, 6) is -0.805. The molecular weight excluding hydrogens is 347 g/mol. The van der Waals surface area contributed by atoms with Crippen molar-refractivity contribution in [1.82, 2.24) is 5.32 Å². The highest BCUT2D eigenvalue weighted by Crippen LogP contribution is 2.23. The Labute approximate surface area is 150 Å². The van der Waals surface area contributed by atoms with Gasteiger partial charge in [-0.15, -0.1) is 0 Å². The summed E-state index contributed by atoms with van der Waals surface area (Å²) >= 11 is 11.9. The molecule has 0 atom stereocenters. The fraction of sp³-hybridized carbons (Fsp3) is 0.111. The first-order valence-electron chi connectivity index (χ1n) is 7.17. The van der Waals surface area contributed by atoms with Gasteiger partial charge >= 0.3 is 0 Å². The van der Waals surface area contributed by atoms with E-state index in [9.17, 15) is 9.59 Å². The number of hydrogen-bond acceptors (Lipinski definition) is 2. The van der Waals surface area contributed by atoms with Crippen molar-refractivity contribution in [3.63, 3.8) is 0 Å². The Kier molecular flexibility index (Phi) is 6.01. The molecule has 0 radical (unpaired) electrons. The van der Waals surface area contributed by atoms with Crippen LogP contribution in [0.25, 0.3) is 6.08 Å². The second kappa shape index (κ2) is 7.99. The monoisotopic (exact) mass is 362 g/mol. The van der Waals surface area contributed by atoms with E-state index in [-0.39, 0.29) is 11.6 Å². The van der Waals surface area contributed by atoms with Gasteiger partial charge in [0.15, 0.2) is 0 Å². The third-order valence-corrected chi connectivity index (χ3v) is 3.60. The van der Waals surface area contributed by atoms with E-state index in [1.165, 1.54) is 6.92 Å². The molecule has 2 N–H and O–H groups in total. The van der Waals surface area contributed by atoms with Gasteiger partial charge in [-0.2, -0.15) is 0 Å². The molecule has 0 saturated carbocycles. The van der Waals surface area contributed by atoms with E-state index in [2.05, 4.69) is 10.6 Å². The highest BCUT2D eigenvalue weighted by atomic mass is 35.5. The molecule has 0 aromatic heterocycles. The van der Waals surface area contributed by atoms with Crippen molar-refractivity contribution < 1.29 is 9.59 Å². The van der Waals surface area contributed by atoms with E-state index in [4.69, 9.17) is 23.2 Å². The maximum absolute atomic E-state index is 12.5. The molecule has 0 heterocycles. The Hall–Kier alpha value is -2.30. The number of hydrogen-bond donors (Lipinski definition) is 2. The fourth-order valence-electron chi connectivity index (χ4n) is 2.08. The molecule has 0 bridgehead atoms. The van der Waals surface area contributed by atoms with Crippen LogP contribution >= 0.6 is 23.2 Å². The standard InChI is InChI=1S/C18H16Cl2N2O2/c1-11-5-3-4-6-13(11)7-17(21-12(2)23)18(24)22-16-9-14(19)8-15(20)10-16/h3-10H,1-2H3,(H,21,23)(H,22,24)/b17-7-. The first-order valence-corrected chi connectivity index (χ1v) is 7.93. The van der Waals surface area contributed by atoms with Gasteiger partial charge in [0.05, 0.1) is 0 Å². The van der Waals surface area contributed by atoms with Gasteiger partial charge in [-0.1, -0.05) is 47.5 Å². The van der Waals surface area contributed by atoms with Crippen molar-refractivity contribution in [2.75, 3.05) is 5.32 Å². The summed E-state index contributed by atoms with van der Waals surface area (Å²) in [6.07, 6.45) is 1.62. The molecule has 124 valence electrons. The molecule has 2 amide bonds. The molecule has 0 aliphatic carbocycles. The number of aryl methyl sites for hydroxylation is 1. The number of carbonyl (C=O) groups is 2. The van der Waals surface area contributed by atoms with Crippen molar-refractivity contribution >= 4 is 46.8 Å². The lowest BCUT2D eigenvalue weighted by Gasteiger charge is -2.11. The molecule has 0 unspecified atom stereocenters. The van der Waals surface area contributed by atoms with E-state index in [0.717, 1.165) is 11.1 Å². The van der Waals surface area contributed by atoms with Gasteiger partial charge in [-0.25, -0.2) is 0 Å². The van der Waals surface area contributed by atoms with Gasteiger partial charge in [0.25, 0.3) is 5.91 Å². The molecule has 2 aromatic rings. The smallest absolute Gasteiger partial charge is 0.272 e. The molecule has 0 aliphatic heterocycles. The maximum Gasteiger partial charge on any atom is 0.272 e. The number of rotatable bonds is 4. The van der Waals surface area contributed by atoms with Gasteiger partial charge in [-0.05, 0) is 42.3 Å². The minimum absolute atomic E-state index is 0.132. The molecule has 2 rings (SSSR count). The SMILES string of the molecule is CC(=O)N/C(=C\c1ccccc1C)C(=O)Nc1cc(Cl)cc(Cl)c1. The average molecular weight is 363 g/mol. The maximum atomic E-state index is 12.5. The van der Waals surface area contributed by atoms with Gasteiger partial charge in [0, 0.05) is 22.7 Å². The lowest BCUT2D eigenvalue weighted by atomic mass is 10.1. The molecule has 0 saturated heterocycles. The molecule has 0 spiro atoms. The van der Waals surface area contributed by atoms with Crippen LogP contribution in [0.4, 0.5) is 5.69 Å². The highest BCUT2D eigenvalue weighted by Gasteiger charge is 2.13. The van der Waals surface area contributed by atoms with Crippen LogP contribution in [0.3, 0.4) is 0 Å². The average Bonchev–Trinajstić information content (AvgIpc) is 2.47. The van der Waals surface area contributed by atoms with Gasteiger partial charge in [0.2, 0.25) is 5.91 Å². The predicted molar refractivity (Wildman–Crippen MR) is 98.1 cm³/mol. The first-order chi connectivity index (χ1) is 11.3. The number of halogens is 2. The zero-order valence-electron chi connectivity index (χ0n) is 13.2. The van der Waals surface area contributed by atoms with Crippen LogP contribution in [0, 0.1) is 6.92 Å². The summed E-state index contributed by atoms with van der Waals surface area (Å²) in [5, 5.41) is 6.04. The van der Waals surface area contributed by atoms with Crippen LogP contribution in [-0.4, -0.2) is 11.8 Å². The largest absolute Gasteiger partial charge is 0.322 e. The third-order valence-electron chi connectivity index (χ3n) is 3.16. The van der Waals surface area contributed by atoms with Crippen LogP contribution in [0.5, 0.6) is 0 Å². The Morgan fingerprint density at radius 3 is 2.25 bits per heavy atom. The number of benzene rings is 2. The number of nitrogens with one attached hydrogen (secondary N) is 2. The van der Waals surface area contributed by atoms with E-state index in [1.54, 1.807) is 24.3 Å².